The molecule has 2 amide bonds. The van der Waals surface area contributed by atoms with Crippen molar-refractivity contribution in [2.45, 2.75) is 13.8 Å². The number of hydrogen-bond acceptors (Lipinski definition) is 7. The molecule has 2 N–H and O–H groups in total. The van der Waals surface area contributed by atoms with Crippen molar-refractivity contribution >= 4 is 29.1 Å². The summed E-state index contributed by atoms with van der Waals surface area (Å²) < 4.78 is 10.6. The maximum Gasteiger partial charge on any atom is 0.327 e. The Balaban J connectivity index is 1.68. The molecule has 1 aromatic carbocycles. The van der Waals surface area contributed by atoms with Gasteiger partial charge in [-0.1, -0.05) is 11.2 Å². The van der Waals surface area contributed by atoms with Crippen molar-refractivity contribution in [2.75, 3.05) is 17.7 Å². The van der Waals surface area contributed by atoms with Gasteiger partial charge in [0.25, 0.3) is 5.89 Å². The molecular weight excluding hydrogens is 330 g/mol. The lowest BCUT2D eigenvalue weighted by atomic mass is 10.3. The molecular formula is C15H15N5O3S. The lowest BCUT2D eigenvalue weighted by Gasteiger charge is -2.06. The number of amides is 2. The molecule has 0 aliphatic heterocycles. The highest BCUT2D eigenvalue weighted by Crippen LogP contribution is 2.29. The van der Waals surface area contributed by atoms with Crippen molar-refractivity contribution in [1.29, 1.82) is 0 Å². The molecule has 0 bridgehead atoms. The fraction of sp³-hybridized carbons (Fsp3) is 0.200. The van der Waals surface area contributed by atoms with Gasteiger partial charge < -0.3 is 14.5 Å². The minimum absolute atomic E-state index is 0.0100. The van der Waals surface area contributed by atoms with E-state index in [0.29, 0.717) is 17.3 Å². The van der Waals surface area contributed by atoms with Crippen molar-refractivity contribution in [3.63, 3.8) is 0 Å². The van der Waals surface area contributed by atoms with Crippen LogP contribution in [0.1, 0.15) is 10.7 Å². The molecule has 0 spiro atoms. The molecule has 0 radical (unpaired) electrons. The summed E-state index contributed by atoms with van der Waals surface area (Å²) in [5.74, 6) is 0.971. The van der Waals surface area contributed by atoms with E-state index in [0.717, 1.165) is 15.6 Å². The van der Waals surface area contributed by atoms with Crippen molar-refractivity contribution in [3.05, 3.63) is 35.0 Å². The van der Waals surface area contributed by atoms with Crippen LogP contribution in [0.2, 0.25) is 0 Å². The van der Waals surface area contributed by atoms with E-state index in [9.17, 15) is 4.79 Å². The number of ether oxygens (including phenoxy) is 1. The molecule has 0 saturated heterocycles. The number of benzene rings is 1. The van der Waals surface area contributed by atoms with Crippen LogP contribution in [0, 0.1) is 13.8 Å². The van der Waals surface area contributed by atoms with Gasteiger partial charge in [-0.25, -0.2) is 9.78 Å². The van der Waals surface area contributed by atoms with Gasteiger partial charge in [-0.3, -0.25) is 5.32 Å². The van der Waals surface area contributed by atoms with Crippen molar-refractivity contribution in [2.24, 2.45) is 0 Å². The van der Waals surface area contributed by atoms with Crippen molar-refractivity contribution in [3.8, 4) is 16.5 Å². The average Bonchev–Trinajstić information content (AvgIpc) is 3.13. The van der Waals surface area contributed by atoms with Crippen LogP contribution in [-0.2, 0) is 0 Å². The fourth-order valence-electron chi connectivity index (χ4n) is 2.06. The Hall–Kier alpha value is -2.94. The van der Waals surface area contributed by atoms with Crippen molar-refractivity contribution in [1.82, 2.24) is 15.2 Å². The molecule has 3 rings (SSSR count). The number of nitrogens with zero attached hydrogens (tertiary/aromatic N) is 3. The number of rotatable bonds is 4. The van der Waals surface area contributed by atoms with E-state index < -0.39 is 6.03 Å². The molecule has 0 aliphatic carbocycles. The number of methoxy groups -OCH3 is 1. The number of thiazole rings is 1. The van der Waals surface area contributed by atoms with Gasteiger partial charge in [0.15, 0.2) is 0 Å². The quantitative estimate of drug-likeness (QED) is 0.751. The number of carbonyl (C=O) groups excluding carboxylic acids is 1. The Morgan fingerprint density at radius 2 is 2.08 bits per heavy atom. The third-order valence-electron chi connectivity index (χ3n) is 3.07. The molecule has 0 unspecified atom stereocenters. The number of aryl methyl sites for hydroxylation is 2. The van der Waals surface area contributed by atoms with Crippen LogP contribution >= 0.6 is 11.3 Å². The third kappa shape index (κ3) is 3.51. The highest BCUT2D eigenvalue weighted by molar-refractivity contribution is 7.15. The second-order valence-corrected chi connectivity index (χ2v) is 6.07. The zero-order valence-electron chi connectivity index (χ0n) is 13.3. The molecule has 0 aliphatic rings. The number of aromatic nitrogens is 3. The van der Waals surface area contributed by atoms with E-state index in [1.807, 2.05) is 13.8 Å². The summed E-state index contributed by atoms with van der Waals surface area (Å²) in [7, 11) is 1.56. The van der Waals surface area contributed by atoms with Crippen LogP contribution in [0.15, 0.2) is 28.7 Å². The van der Waals surface area contributed by atoms with Gasteiger partial charge in [-0.2, -0.15) is 0 Å². The molecule has 0 fully saturated rings. The van der Waals surface area contributed by atoms with Gasteiger partial charge in [0.1, 0.15) is 10.6 Å². The van der Waals surface area contributed by atoms with Gasteiger partial charge in [-0.05, 0) is 26.0 Å². The molecule has 8 nitrogen and oxygen atoms in total. The highest BCUT2D eigenvalue weighted by Gasteiger charge is 2.16. The summed E-state index contributed by atoms with van der Waals surface area (Å²) in [6.45, 7) is 3.77. The second kappa shape index (κ2) is 6.67. The average molecular weight is 345 g/mol. The Labute approximate surface area is 141 Å². The molecule has 3 aromatic rings. The van der Waals surface area contributed by atoms with Crippen LogP contribution in [0.4, 0.5) is 16.5 Å². The zero-order valence-corrected chi connectivity index (χ0v) is 14.1. The van der Waals surface area contributed by atoms with Crippen molar-refractivity contribution < 1.29 is 13.9 Å². The summed E-state index contributed by atoms with van der Waals surface area (Å²) in [6.07, 6.45) is 0. The summed E-state index contributed by atoms with van der Waals surface area (Å²) in [6, 6.07) is 6.51. The smallest absolute Gasteiger partial charge is 0.327 e. The topological polar surface area (TPSA) is 102 Å². The number of carbonyl (C=O) groups is 1. The molecule has 24 heavy (non-hydrogen) atoms. The molecule has 124 valence electrons. The van der Waals surface area contributed by atoms with E-state index in [1.54, 1.807) is 31.4 Å². The van der Waals surface area contributed by atoms with Crippen LogP contribution in [0.5, 0.6) is 5.75 Å². The third-order valence-corrected chi connectivity index (χ3v) is 4.13. The van der Waals surface area contributed by atoms with E-state index in [2.05, 4.69) is 25.8 Å². The van der Waals surface area contributed by atoms with Gasteiger partial charge in [-0.15, -0.1) is 16.4 Å². The molecule has 0 saturated carbocycles. The van der Waals surface area contributed by atoms with E-state index in [1.165, 1.54) is 11.3 Å². The van der Waals surface area contributed by atoms with Gasteiger partial charge in [0.2, 0.25) is 0 Å². The minimum atomic E-state index is -0.490. The van der Waals surface area contributed by atoms with Gasteiger partial charge in [0, 0.05) is 11.8 Å². The minimum Gasteiger partial charge on any atom is -0.497 e. The number of hydrogen-bond donors (Lipinski definition) is 2. The fourth-order valence-corrected chi connectivity index (χ4v) is 2.90. The van der Waals surface area contributed by atoms with Crippen LogP contribution in [0.3, 0.4) is 0 Å². The maximum absolute atomic E-state index is 12.0. The normalized spacial score (nSPS) is 10.5. The first-order chi connectivity index (χ1) is 11.5. The lowest BCUT2D eigenvalue weighted by molar-refractivity contribution is 0.261. The van der Waals surface area contributed by atoms with Gasteiger partial charge >= 0.3 is 12.0 Å². The lowest BCUT2D eigenvalue weighted by Crippen LogP contribution is -2.19. The predicted octanol–water partition coefficient (Wildman–Crippen LogP) is 3.46. The molecule has 2 heterocycles. The Morgan fingerprint density at radius 1 is 1.25 bits per heavy atom. The van der Waals surface area contributed by atoms with E-state index in [4.69, 9.17) is 9.15 Å². The van der Waals surface area contributed by atoms with E-state index in [-0.39, 0.29) is 6.01 Å². The first-order valence-corrected chi connectivity index (χ1v) is 7.87. The monoisotopic (exact) mass is 345 g/mol. The Bertz CT molecular complexity index is 874. The number of nitrogens with one attached hydrogen (secondary N) is 2. The predicted molar refractivity (Wildman–Crippen MR) is 90.5 cm³/mol. The SMILES string of the molecule is COc1cccc(NC(=O)Nc2nnc(-c3sc(C)nc3C)o2)c1. The van der Waals surface area contributed by atoms with Gasteiger partial charge in [0.05, 0.1) is 17.8 Å². The number of urea groups is 1. The standard InChI is InChI=1S/C15H15N5O3S/c1-8-12(24-9(2)16-8)13-19-20-15(23-13)18-14(21)17-10-5-4-6-11(7-10)22-3/h4-7H,1-3H3,(H2,17,18,20,21). The first-order valence-electron chi connectivity index (χ1n) is 7.05. The largest absolute Gasteiger partial charge is 0.497 e. The van der Waals surface area contributed by atoms with Crippen LogP contribution < -0.4 is 15.4 Å². The summed E-state index contributed by atoms with van der Waals surface area (Å²) in [5, 5.41) is 13.8. The summed E-state index contributed by atoms with van der Waals surface area (Å²) in [4.78, 5) is 17.1. The second-order valence-electron chi connectivity index (χ2n) is 4.87. The Kier molecular flexibility index (Phi) is 4.43. The molecule has 2 aromatic heterocycles. The molecule has 0 atom stereocenters. The summed E-state index contributed by atoms with van der Waals surface area (Å²) >= 11 is 1.46. The van der Waals surface area contributed by atoms with E-state index >= 15 is 0 Å². The van der Waals surface area contributed by atoms with Crippen LogP contribution in [-0.4, -0.2) is 28.3 Å². The first kappa shape index (κ1) is 15.9. The zero-order chi connectivity index (χ0) is 17.1. The maximum atomic E-state index is 12.0. The summed E-state index contributed by atoms with van der Waals surface area (Å²) in [5.41, 5.74) is 1.40. The molecule has 9 heteroatoms. The Morgan fingerprint density at radius 3 is 2.79 bits per heavy atom. The number of anilines is 2. The van der Waals surface area contributed by atoms with Crippen LogP contribution in [0.25, 0.3) is 10.8 Å². The highest BCUT2D eigenvalue weighted by atomic mass is 32.1.